The lowest BCUT2D eigenvalue weighted by Crippen LogP contribution is -2.41. The van der Waals surface area contributed by atoms with Crippen LogP contribution in [0, 0.1) is 5.92 Å². The number of nitrogens with zero attached hydrogens (tertiary/aromatic N) is 1. The van der Waals surface area contributed by atoms with Crippen molar-refractivity contribution in [2.75, 3.05) is 5.32 Å². The molecule has 0 saturated heterocycles. The Hall–Kier alpha value is -2.10. The Morgan fingerprint density at radius 1 is 1.21 bits per heavy atom. The molecule has 3 rings (SSSR count). The second-order valence-corrected chi connectivity index (χ2v) is 7.58. The summed E-state index contributed by atoms with van der Waals surface area (Å²) < 4.78 is 5.67. The lowest BCUT2D eigenvalue weighted by atomic mass is 9.97. The van der Waals surface area contributed by atoms with Crippen LogP contribution in [0.5, 0.6) is 0 Å². The van der Waals surface area contributed by atoms with Gasteiger partial charge in [0.05, 0.1) is 11.2 Å². The Morgan fingerprint density at radius 2 is 1.92 bits per heavy atom. The molecule has 24 heavy (non-hydrogen) atoms. The molecular formula is C20H26N2O2. The van der Waals surface area contributed by atoms with Gasteiger partial charge in [0.15, 0.2) is 0 Å². The van der Waals surface area contributed by atoms with Crippen molar-refractivity contribution in [1.82, 2.24) is 4.98 Å². The summed E-state index contributed by atoms with van der Waals surface area (Å²) in [5.74, 6) is 0.154. The summed E-state index contributed by atoms with van der Waals surface area (Å²) in [4.78, 5) is 17.3. The molecule has 0 radical (unpaired) electrons. The van der Waals surface area contributed by atoms with Crippen molar-refractivity contribution in [1.29, 1.82) is 0 Å². The predicted molar refractivity (Wildman–Crippen MR) is 97.0 cm³/mol. The smallest absolute Gasteiger partial charge is 0.329 e. The van der Waals surface area contributed by atoms with Gasteiger partial charge in [-0.25, -0.2) is 4.79 Å². The van der Waals surface area contributed by atoms with Crippen LogP contribution in [0.3, 0.4) is 0 Å². The number of carbonyl (C=O) groups is 1. The van der Waals surface area contributed by atoms with Crippen molar-refractivity contribution in [3.63, 3.8) is 0 Å². The van der Waals surface area contributed by atoms with Crippen molar-refractivity contribution in [2.45, 2.75) is 58.1 Å². The van der Waals surface area contributed by atoms with Crippen molar-refractivity contribution >= 4 is 22.6 Å². The van der Waals surface area contributed by atoms with E-state index >= 15 is 0 Å². The highest BCUT2D eigenvalue weighted by Gasteiger charge is 2.34. The number of hydrogen-bond donors (Lipinski definition) is 1. The number of anilines is 1. The van der Waals surface area contributed by atoms with E-state index in [4.69, 9.17) is 4.74 Å². The number of esters is 1. The molecule has 0 bridgehead atoms. The molecule has 0 amide bonds. The fraction of sp³-hybridized carbons (Fsp3) is 0.500. The molecule has 1 aromatic heterocycles. The first kappa shape index (κ1) is 16.7. The van der Waals surface area contributed by atoms with E-state index in [0.29, 0.717) is 5.92 Å². The van der Waals surface area contributed by atoms with E-state index in [-0.39, 0.29) is 12.0 Å². The molecule has 1 saturated carbocycles. The van der Waals surface area contributed by atoms with Gasteiger partial charge in [-0.2, -0.15) is 0 Å². The molecular weight excluding hydrogens is 300 g/mol. The van der Waals surface area contributed by atoms with Crippen molar-refractivity contribution in [2.24, 2.45) is 5.92 Å². The molecule has 4 nitrogen and oxygen atoms in total. The average Bonchev–Trinajstić information content (AvgIpc) is 3.05. The van der Waals surface area contributed by atoms with E-state index in [1.165, 1.54) is 12.8 Å². The summed E-state index contributed by atoms with van der Waals surface area (Å²) in [6, 6.07) is 9.65. The Labute approximate surface area is 143 Å². The zero-order chi connectivity index (χ0) is 17.2. The van der Waals surface area contributed by atoms with Crippen LogP contribution >= 0.6 is 0 Å². The number of hydrogen-bond acceptors (Lipinski definition) is 4. The number of para-hydroxylation sites is 1. The van der Waals surface area contributed by atoms with Crippen LogP contribution in [0.25, 0.3) is 10.9 Å². The van der Waals surface area contributed by atoms with Gasteiger partial charge in [-0.15, -0.1) is 0 Å². The quantitative estimate of drug-likeness (QED) is 0.838. The van der Waals surface area contributed by atoms with Crippen LogP contribution in [-0.4, -0.2) is 22.6 Å². The normalized spacial score (nSPS) is 17.0. The summed E-state index contributed by atoms with van der Waals surface area (Å²) in [5.41, 5.74) is 1.31. The highest BCUT2D eigenvalue weighted by Crippen LogP contribution is 2.32. The number of carbonyl (C=O) groups excluding carboxylic acids is 1. The number of nitrogens with one attached hydrogen (secondary N) is 1. The predicted octanol–water partition coefficient (Wildman–Crippen LogP) is 4.55. The molecule has 2 aromatic rings. The molecule has 1 aliphatic carbocycles. The fourth-order valence-electron chi connectivity index (χ4n) is 3.41. The minimum absolute atomic E-state index is 0.165. The Kier molecular flexibility index (Phi) is 4.74. The maximum absolute atomic E-state index is 12.8. The zero-order valence-electron chi connectivity index (χ0n) is 14.7. The van der Waals surface area contributed by atoms with Gasteiger partial charge >= 0.3 is 5.97 Å². The van der Waals surface area contributed by atoms with Gasteiger partial charge < -0.3 is 10.1 Å². The van der Waals surface area contributed by atoms with E-state index in [0.717, 1.165) is 29.4 Å². The van der Waals surface area contributed by atoms with E-state index in [2.05, 4.69) is 10.3 Å². The first-order valence-corrected chi connectivity index (χ1v) is 8.77. The van der Waals surface area contributed by atoms with E-state index in [9.17, 15) is 4.79 Å². The molecule has 128 valence electrons. The standard InChI is InChI=1S/C20H26N2O2/c1-20(2,3)24-19(23)18(15-8-4-5-9-15)22-16-12-6-10-14-11-7-13-21-17(14)16/h6-7,10-13,15,18,22H,4-5,8-9H2,1-3H3/t18-/m1/s1. The van der Waals surface area contributed by atoms with Crippen LogP contribution in [0.1, 0.15) is 46.5 Å². The molecule has 0 unspecified atom stereocenters. The van der Waals surface area contributed by atoms with Crippen LogP contribution in [0.15, 0.2) is 36.5 Å². The van der Waals surface area contributed by atoms with Crippen molar-refractivity contribution < 1.29 is 9.53 Å². The molecule has 1 aliphatic rings. The molecule has 0 spiro atoms. The molecule has 1 N–H and O–H groups in total. The van der Waals surface area contributed by atoms with Gasteiger partial charge in [-0.3, -0.25) is 4.98 Å². The number of pyridine rings is 1. The third kappa shape index (κ3) is 3.86. The molecule has 1 heterocycles. The largest absolute Gasteiger partial charge is 0.458 e. The second-order valence-electron chi connectivity index (χ2n) is 7.58. The number of ether oxygens (including phenoxy) is 1. The summed E-state index contributed by atoms with van der Waals surface area (Å²) in [5, 5.41) is 4.52. The topological polar surface area (TPSA) is 51.2 Å². The van der Waals surface area contributed by atoms with Gasteiger partial charge in [-0.05, 0) is 51.7 Å². The summed E-state index contributed by atoms with van der Waals surface area (Å²) >= 11 is 0. The van der Waals surface area contributed by atoms with Crippen LogP contribution < -0.4 is 5.32 Å². The summed E-state index contributed by atoms with van der Waals surface area (Å²) in [6.07, 6.45) is 6.27. The van der Waals surface area contributed by atoms with Gasteiger partial charge in [-0.1, -0.05) is 31.0 Å². The Bertz CT molecular complexity index is 710. The SMILES string of the molecule is CC(C)(C)OC(=O)[C@H](Nc1cccc2cccnc12)C1CCCC1. The van der Waals surface area contributed by atoms with Gasteiger partial charge in [0.2, 0.25) is 0 Å². The van der Waals surface area contributed by atoms with Crippen molar-refractivity contribution in [3.05, 3.63) is 36.5 Å². The molecule has 0 aliphatic heterocycles. The monoisotopic (exact) mass is 326 g/mol. The van der Waals surface area contributed by atoms with E-state index in [1.54, 1.807) is 6.20 Å². The first-order chi connectivity index (χ1) is 11.4. The third-order valence-corrected chi connectivity index (χ3v) is 4.48. The van der Waals surface area contributed by atoms with E-state index in [1.807, 2.05) is 51.1 Å². The maximum atomic E-state index is 12.8. The Balaban J connectivity index is 1.89. The number of benzene rings is 1. The second kappa shape index (κ2) is 6.80. The van der Waals surface area contributed by atoms with Gasteiger partial charge in [0.25, 0.3) is 0 Å². The number of rotatable bonds is 4. The number of fused-ring (bicyclic) bond motifs is 1. The minimum Gasteiger partial charge on any atom is -0.458 e. The van der Waals surface area contributed by atoms with Gasteiger partial charge in [0, 0.05) is 11.6 Å². The third-order valence-electron chi connectivity index (χ3n) is 4.48. The molecule has 1 fully saturated rings. The fourth-order valence-corrected chi connectivity index (χ4v) is 3.41. The summed E-state index contributed by atoms with van der Waals surface area (Å²) in [6.45, 7) is 5.74. The lowest BCUT2D eigenvalue weighted by Gasteiger charge is -2.28. The van der Waals surface area contributed by atoms with Crippen molar-refractivity contribution in [3.8, 4) is 0 Å². The molecule has 1 aromatic carbocycles. The minimum atomic E-state index is -0.480. The highest BCUT2D eigenvalue weighted by atomic mass is 16.6. The van der Waals surface area contributed by atoms with Crippen LogP contribution in [0.4, 0.5) is 5.69 Å². The Morgan fingerprint density at radius 3 is 2.62 bits per heavy atom. The first-order valence-electron chi connectivity index (χ1n) is 8.77. The molecule has 1 atom stereocenters. The average molecular weight is 326 g/mol. The lowest BCUT2D eigenvalue weighted by molar-refractivity contribution is -0.157. The van der Waals surface area contributed by atoms with Crippen LogP contribution in [0.2, 0.25) is 0 Å². The zero-order valence-corrected chi connectivity index (χ0v) is 14.7. The van der Waals surface area contributed by atoms with E-state index < -0.39 is 5.60 Å². The van der Waals surface area contributed by atoms with Crippen LogP contribution in [-0.2, 0) is 9.53 Å². The molecule has 4 heteroatoms. The number of aromatic nitrogens is 1. The highest BCUT2D eigenvalue weighted by molar-refractivity contribution is 5.92. The van der Waals surface area contributed by atoms with Gasteiger partial charge in [0.1, 0.15) is 11.6 Å². The maximum Gasteiger partial charge on any atom is 0.329 e. The summed E-state index contributed by atoms with van der Waals surface area (Å²) in [7, 11) is 0.